The minimum Gasteiger partial charge on any atom is -0.497 e. The molecule has 31 heavy (non-hydrogen) atoms. The molecule has 7 nitrogen and oxygen atoms in total. The molecule has 2 heterocycles. The third kappa shape index (κ3) is 4.60. The van der Waals surface area contributed by atoms with Crippen molar-refractivity contribution in [1.82, 2.24) is 15.2 Å². The zero-order chi connectivity index (χ0) is 21.6. The normalized spacial score (nSPS) is 14.1. The number of piperidine rings is 1. The van der Waals surface area contributed by atoms with Gasteiger partial charge >= 0.3 is 0 Å². The molecule has 0 atom stereocenters. The van der Waals surface area contributed by atoms with E-state index in [1.54, 1.807) is 37.6 Å². The van der Waals surface area contributed by atoms with Crippen molar-refractivity contribution in [2.75, 3.05) is 25.1 Å². The minimum absolute atomic E-state index is 0.272. The number of anilines is 1. The molecule has 1 N–H and O–H groups in total. The number of nitrogens with one attached hydrogen (secondary N) is 1. The van der Waals surface area contributed by atoms with Gasteiger partial charge in [-0.2, -0.15) is 10.2 Å². The predicted octanol–water partition coefficient (Wildman–Crippen LogP) is 3.94. The summed E-state index contributed by atoms with van der Waals surface area (Å²) in [6.45, 7) is 3.94. The summed E-state index contributed by atoms with van der Waals surface area (Å²) in [7, 11) is 1.59. The average Bonchev–Trinajstić information content (AvgIpc) is 3.16. The fourth-order valence-electron chi connectivity index (χ4n) is 3.80. The van der Waals surface area contributed by atoms with Crippen LogP contribution >= 0.6 is 0 Å². The lowest BCUT2D eigenvalue weighted by atomic mass is 10.1. The number of ether oxygens (including phenoxy) is 1. The third-order valence-corrected chi connectivity index (χ3v) is 5.45. The van der Waals surface area contributed by atoms with E-state index in [0.29, 0.717) is 11.3 Å². The van der Waals surface area contributed by atoms with Crippen LogP contribution in [0.25, 0.3) is 5.69 Å². The van der Waals surface area contributed by atoms with Crippen molar-refractivity contribution in [1.29, 1.82) is 0 Å². The quantitative estimate of drug-likeness (QED) is 0.487. The highest BCUT2D eigenvalue weighted by Crippen LogP contribution is 2.28. The largest absolute Gasteiger partial charge is 0.497 e. The van der Waals surface area contributed by atoms with E-state index >= 15 is 0 Å². The lowest BCUT2D eigenvalue weighted by Gasteiger charge is -2.29. The van der Waals surface area contributed by atoms with Gasteiger partial charge < -0.3 is 9.64 Å². The number of rotatable bonds is 6. The van der Waals surface area contributed by atoms with Crippen LogP contribution in [-0.4, -0.2) is 42.1 Å². The number of aryl methyl sites for hydroxylation is 1. The van der Waals surface area contributed by atoms with Crippen molar-refractivity contribution in [2.24, 2.45) is 5.10 Å². The van der Waals surface area contributed by atoms with E-state index in [9.17, 15) is 4.79 Å². The van der Waals surface area contributed by atoms with Crippen molar-refractivity contribution in [3.8, 4) is 11.4 Å². The molecule has 1 aromatic heterocycles. The van der Waals surface area contributed by atoms with Crippen LogP contribution in [0, 0.1) is 6.92 Å². The lowest BCUT2D eigenvalue weighted by Crippen LogP contribution is -2.32. The van der Waals surface area contributed by atoms with Gasteiger partial charge in [-0.15, -0.1) is 0 Å². The molecule has 160 valence electrons. The highest BCUT2D eigenvalue weighted by Gasteiger charge is 2.22. The summed E-state index contributed by atoms with van der Waals surface area (Å²) in [4.78, 5) is 14.8. The van der Waals surface area contributed by atoms with Crippen LogP contribution < -0.4 is 15.1 Å². The number of hydrogen-bond donors (Lipinski definition) is 1. The van der Waals surface area contributed by atoms with Crippen LogP contribution in [0.4, 0.5) is 5.82 Å². The van der Waals surface area contributed by atoms with Crippen molar-refractivity contribution in [2.45, 2.75) is 26.2 Å². The summed E-state index contributed by atoms with van der Waals surface area (Å²) in [6.07, 6.45) is 5.26. The molecule has 1 saturated heterocycles. The van der Waals surface area contributed by atoms with Gasteiger partial charge in [0.1, 0.15) is 11.6 Å². The summed E-state index contributed by atoms with van der Waals surface area (Å²) in [5.74, 6) is 1.45. The van der Waals surface area contributed by atoms with E-state index in [4.69, 9.17) is 9.84 Å². The summed E-state index contributed by atoms with van der Waals surface area (Å²) in [5.41, 5.74) is 5.94. The second-order valence-corrected chi connectivity index (χ2v) is 7.55. The summed E-state index contributed by atoms with van der Waals surface area (Å²) < 4.78 is 7.11. The number of para-hydroxylation sites is 1. The van der Waals surface area contributed by atoms with Gasteiger partial charge in [0.25, 0.3) is 5.91 Å². The van der Waals surface area contributed by atoms with E-state index < -0.39 is 0 Å². The molecule has 1 aliphatic heterocycles. The van der Waals surface area contributed by atoms with Crippen molar-refractivity contribution < 1.29 is 9.53 Å². The minimum atomic E-state index is -0.272. The first-order valence-electron chi connectivity index (χ1n) is 10.5. The van der Waals surface area contributed by atoms with Crippen LogP contribution in [0.15, 0.2) is 59.7 Å². The molecule has 0 radical (unpaired) electrons. The maximum absolute atomic E-state index is 12.4. The smallest absolute Gasteiger partial charge is 0.271 e. The van der Waals surface area contributed by atoms with Gasteiger partial charge in [-0.1, -0.05) is 18.2 Å². The SMILES string of the molecule is COc1ccc(C(=O)N/N=C/c2c(C)nn(-c3ccccc3)c2N2CCCCC2)cc1. The van der Waals surface area contributed by atoms with Gasteiger partial charge in [0.2, 0.25) is 0 Å². The summed E-state index contributed by atoms with van der Waals surface area (Å²) in [6, 6.07) is 17.0. The number of nitrogens with zero attached hydrogens (tertiary/aromatic N) is 4. The predicted molar refractivity (Wildman–Crippen MR) is 122 cm³/mol. The highest BCUT2D eigenvalue weighted by atomic mass is 16.5. The van der Waals surface area contributed by atoms with Gasteiger partial charge in [0.15, 0.2) is 0 Å². The number of aromatic nitrogens is 2. The topological polar surface area (TPSA) is 71.7 Å². The molecule has 0 aliphatic carbocycles. The first kappa shape index (κ1) is 20.7. The van der Waals surface area contributed by atoms with Crippen LogP contribution in [0.5, 0.6) is 5.75 Å². The average molecular weight is 418 g/mol. The van der Waals surface area contributed by atoms with Crippen molar-refractivity contribution >= 4 is 17.9 Å². The second kappa shape index (κ2) is 9.47. The van der Waals surface area contributed by atoms with E-state index in [1.165, 1.54) is 6.42 Å². The van der Waals surface area contributed by atoms with Crippen LogP contribution in [0.2, 0.25) is 0 Å². The summed E-state index contributed by atoms with van der Waals surface area (Å²) >= 11 is 0. The maximum atomic E-state index is 12.4. The van der Waals surface area contributed by atoms with E-state index in [0.717, 1.165) is 48.7 Å². The van der Waals surface area contributed by atoms with E-state index in [-0.39, 0.29) is 5.91 Å². The Morgan fingerprint density at radius 1 is 1.06 bits per heavy atom. The Balaban J connectivity index is 1.60. The number of amides is 1. The Labute approximate surface area is 182 Å². The zero-order valence-electron chi connectivity index (χ0n) is 17.9. The Morgan fingerprint density at radius 2 is 1.77 bits per heavy atom. The fraction of sp³-hybridized carbons (Fsp3) is 0.292. The number of hydrazone groups is 1. The van der Waals surface area contributed by atoms with Gasteiger partial charge in [-0.05, 0) is 62.6 Å². The van der Waals surface area contributed by atoms with Crippen molar-refractivity contribution in [3.63, 3.8) is 0 Å². The van der Waals surface area contributed by atoms with Crippen LogP contribution in [-0.2, 0) is 0 Å². The third-order valence-electron chi connectivity index (χ3n) is 5.45. The molecule has 1 aliphatic rings. The molecular formula is C24H27N5O2. The summed E-state index contributed by atoms with van der Waals surface area (Å²) in [5, 5.41) is 9.04. The molecule has 0 saturated carbocycles. The van der Waals surface area contributed by atoms with Gasteiger partial charge in [-0.25, -0.2) is 10.1 Å². The van der Waals surface area contributed by atoms with Gasteiger partial charge in [-0.3, -0.25) is 4.79 Å². The molecule has 7 heteroatoms. The number of hydrogen-bond acceptors (Lipinski definition) is 5. The lowest BCUT2D eigenvalue weighted by molar-refractivity contribution is 0.0955. The molecular weight excluding hydrogens is 390 g/mol. The maximum Gasteiger partial charge on any atom is 0.271 e. The van der Waals surface area contributed by atoms with Gasteiger partial charge in [0, 0.05) is 18.7 Å². The fourth-order valence-corrected chi connectivity index (χ4v) is 3.80. The molecule has 2 aromatic carbocycles. The molecule has 0 spiro atoms. The monoisotopic (exact) mass is 417 g/mol. The Bertz CT molecular complexity index is 1050. The zero-order valence-corrected chi connectivity index (χ0v) is 17.9. The molecule has 0 bridgehead atoms. The number of methoxy groups -OCH3 is 1. The molecule has 1 amide bonds. The van der Waals surface area contributed by atoms with Gasteiger partial charge in [0.05, 0.1) is 30.3 Å². The molecule has 3 aromatic rings. The van der Waals surface area contributed by atoms with Crippen LogP contribution in [0.3, 0.4) is 0 Å². The van der Waals surface area contributed by atoms with E-state index in [2.05, 4.69) is 15.4 Å². The van der Waals surface area contributed by atoms with Crippen LogP contribution in [0.1, 0.15) is 40.9 Å². The molecule has 4 rings (SSSR count). The first-order valence-corrected chi connectivity index (χ1v) is 10.5. The Kier molecular flexibility index (Phi) is 6.31. The van der Waals surface area contributed by atoms with E-state index in [1.807, 2.05) is 41.9 Å². The Hall–Kier alpha value is -3.61. The van der Waals surface area contributed by atoms with Crippen molar-refractivity contribution in [3.05, 3.63) is 71.4 Å². The number of carbonyl (C=O) groups is 1. The number of carbonyl (C=O) groups excluding carboxylic acids is 1. The second-order valence-electron chi connectivity index (χ2n) is 7.55. The highest BCUT2D eigenvalue weighted by molar-refractivity contribution is 5.95. The first-order chi connectivity index (χ1) is 15.2. The Morgan fingerprint density at radius 3 is 2.45 bits per heavy atom. The molecule has 0 unspecified atom stereocenters. The molecule has 1 fully saturated rings. The number of benzene rings is 2. The standard InChI is InChI=1S/C24H27N5O2/c1-18-22(17-25-26-23(30)19-11-13-21(31-2)14-12-19)24(28-15-7-4-8-16-28)29(27-18)20-9-5-3-6-10-20/h3,5-6,9-14,17H,4,7-8,15-16H2,1-2H3,(H,26,30)/b25-17+.